The fraction of sp³-hybridized carbons (Fsp3) is 0.333. The third-order valence-corrected chi connectivity index (χ3v) is 5.93. The highest BCUT2D eigenvalue weighted by atomic mass is 32.3. The van der Waals surface area contributed by atoms with Crippen LogP contribution in [0.25, 0.3) is 0 Å². The summed E-state index contributed by atoms with van der Waals surface area (Å²) in [6.45, 7) is 0. The minimum atomic E-state index is -5.42. The Balaban J connectivity index is 3.98. The van der Waals surface area contributed by atoms with Crippen LogP contribution in [0.15, 0.2) is 33.1 Å². The van der Waals surface area contributed by atoms with E-state index in [9.17, 15) is 43.2 Å². The molecule has 0 amide bonds. The molecule has 21 heavy (non-hydrogen) atoms. The number of alkyl halides is 2. The van der Waals surface area contributed by atoms with Gasteiger partial charge in [-0.15, -0.1) is 0 Å². The first-order valence-electron chi connectivity index (χ1n) is 4.84. The highest BCUT2D eigenvalue weighted by molar-refractivity contribution is 8.14. The van der Waals surface area contributed by atoms with E-state index in [1.807, 2.05) is 0 Å². The van der Waals surface area contributed by atoms with Crippen molar-refractivity contribution in [2.24, 2.45) is 0 Å². The lowest BCUT2D eigenvalue weighted by Crippen LogP contribution is -2.24. The summed E-state index contributed by atoms with van der Waals surface area (Å²) in [5, 5.41) is 0. The van der Waals surface area contributed by atoms with Crippen molar-refractivity contribution in [1.29, 1.82) is 0 Å². The fourth-order valence-electron chi connectivity index (χ4n) is 1.51. The normalized spacial score (nSPS) is 23.7. The van der Waals surface area contributed by atoms with Gasteiger partial charge in [-0.3, -0.25) is 0 Å². The lowest BCUT2D eigenvalue weighted by Gasteiger charge is -2.18. The first kappa shape index (κ1) is 17.8. The Kier molecular flexibility index (Phi) is 4.63. The fourth-order valence-corrected chi connectivity index (χ4v) is 4.71. The monoisotopic (exact) mass is 356 g/mol. The Hall–Kier alpha value is -1.30. The molecule has 0 spiro atoms. The molecule has 0 saturated carbocycles. The van der Waals surface area contributed by atoms with Crippen molar-refractivity contribution >= 4 is 19.7 Å². The minimum Gasteiger partial charge on any atom is -0.234 e. The van der Waals surface area contributed by atoms with Crippen LogP contribution in [0.3, 0.4) is 0 Å². The maximum absolute atomic E-state index is 13.5. The molecule has 0 radical (unpaired) electrons. The lowest BCUT2D eigenvalue weighted by molar-refractivity contribution is 0.322. The molecule has 0 bridgehead atoms. The molecular weight excluding hydrogens is 350 g/mol. The quantitative estimate of drug-likeness (QED) is 0.728. The van der Waals surface area contributed by atoms with E-state index in [2.05, 4.69) is 0 Å². The predicted molar refractivity (Wildman–Crippen MR) is 60.1 cm³/mol. The highest BCUT2D eigenvalue weighted by Crippen LogP contribution is 2.42. The van der Waals surface area contributed by atoms with Crippen LogP contribution in [0.5, 0.6) is 0 Å². The molecule has 1 rings (SSSR count). The smallest absolute Gasteiger partial charge is 0.218 e. The van der Waals surface area contributed by atoms with Gasteiger partial charge in [-0.1, -0.05) is 0 Å². The van der Waals surface area contributed by atoms with E-state index in [0.717, 1.165) is 0 Å². The van der Waals surface area contributed by atoms with Gasteiger partial charge in [0.25, 0.3) is 0 Å². The molecule has 1 aliphatic carbocycles. The number of sulfone groups is 2. The molecule has 12 heteroatoms. The van der Waals surface area contributed by atoms with Crippen LogP contribution in [0, 0.1) is 0 Å². The van der Waals surface area contributed by atoms with Gasteiger partial charge < -0.3 is 0 Å². The maximum Gasteiger partial charge on any atom is 0.218 e. The van der Waals surface area contributed by atoms with Crippen LogP contribution in [-0.2, 0) is 19.7 Å². The number of allylic oxidation sites excluding steroid dienone is 5. The van der Waals surface area contributed by atoms with Crippen molar-refractivity contribution in [1.82, 2.24) is 0 Å². The van der Waals surface area contributed by atoms with Crippen LogP contribution in [-0.4, -0.2) is 35.3 Å². The van der Waals surface area contributed by atoms with Crippen molar-refractivity contribution in [2.75, 3.05) is 12.3 Å². The molecule has 4 nitrogen and oxygen atoms in total. The molecule has 0 heterocycles. The van der Waals surface area contributed by atoms with Crippen molar-refractivity contribution in [3.63, 3.8) is 0 Å². The van der Waals surface area contributed by atoms with Crippen LogP contribution < -0.4 is 0 Å². The Morgan fingerprint density at radius 1 is 1.00 bits per heavy atom. The van der Waals surface area contributed by atoms with Gasteiger partial charge in [0, 0.05) is 6.26 Å². The van der Waals surface area contributed by atoms with Crippen molar-refractivity contribution < 1.29 is 43.2 Å². The molecule has 0 aromatic carbocycles. The maximum atomic E-state index is 13.5. The molecule has 1 atom stereocenters. The number of hydrogen-bond donors (Lipinski definition) is 0. The van der Waals surface area contributed by atoms with Crippen LogP contribution in [0.2, 0.25) is 0 Å². The van der Waals surface area contributed by atoms with Crippen molar-refractivity contribution in [3.05, 3.63) is 33.1 Å². The standard InChI is InChI=1S/C9H6F6O4S2/c1-20(16,17)9(21(18,19)2-10)3-4(11)6(13)8(15)7(14)5(3)12/h4H,2H2,1H3/b9-3+. The first-order valence-corrected chi connectivity index (χ1v) is 8.38. The zero-order valence-electron chi connectivity index (χ0n) is 10.0. The minimum absolute atomic E-state index is 0.132. The zero-order chi connectivity index (χ0) is 16.7. The van der Waals surface area contributed by atoms with Gasteiger partial charge in [-0.2, -0.15) is 0 Å². The van der Waals surface area contributed by atoms with Gasteiger partial charge in [-0.25, -0.2) is 43.2 Å². The Labute approximate surface area is 115 Å². The molecule has 0 fully saturated rings. The zero-order valence-corrected chi connectivity index (χ0v) is 11.6. The average molecular weight is 356 g/mol. The summed E-state index contributed by atoms with van der Waals surface area (Å²) in [6, 6.07) is -2.39. The second-order valence-corrected chi connectivity index (χ2v) is 7.92. The molecule has 1 aliphatic rings. The Bertz CT molecular complexity index is 775. The number of halogens is 6. The molecule has 0 N–H and O–H groups in total. The SMILES string of the molecule is CS(=O)(=O)/C(=C1\C(F)=C(F)C(F)=C(F)C1F)S(=O)(=O)CF. The summed E-state index contributed by atoms with van der Waals surface area (Å²) in [5.41, 5.74) is -2.13. The molecule has 120 valence electrons. The predicted octanol–water partition coefficient (Wildman–Crippen LogP) is 2.24. The van der Waals surface area contributed by atoms with Crippen LogP contribution in [0.1, 0.15) is 0 Å². The molecular formula is C9H6F6O4S2. The van der Waals surface area contributed by atoms with Crippen LogP contribution >= 0.6 is 0 Å². The van der Waals surface area contributed by atoms with Gasteiger partial charge >= 0.3 is 0 Å². The molecule has 0 aromatic heterocycles. The first-order chi connectivity index (χ1) is 9.36. The van der Waals surface area contributed by atoms with E-state index < -0.39 is 65.0 Å². The summed E-state index contributed by atoms with van der Waals surface area (Å²) < 4.78 is 121. The van der Waals surface area contributed by atoms with Gasteiger partial charge in [0.2, 0.25) is 9.84 Å². The van der Waals surface area contributed by atoms with E-state index in [4.69, 9.17) is 0 Å². The summed E-state index contributed by atoms with van der Waals surface area (Å²) in [6.07, 6.45) is -3.41. The van der Waals surface area contributed by atoms with E-state index in [-0.39, 0.29) is 6.26 Å². The second-order valence-electron chi connectivity index (χ2n) is 3.85. The Morgan fingerprint density at radius 2 is 1.48 bits per heavy atom. The average Bonchev–Trinajstić information content (AvgIpc) is 2.37. The highest BCUT2D eigenvalue weighted by Gasteiger charge is 2.43. The topological polar surface area (TPSA) is 68.3 Å². The second kappa shape index (κ2) is 5.48. The number of rotatable bonds is 3. The van der Waals surface area contributed by atoms with Gasteiger partial charge in [-0.05, 0) is 0 Å². The van der Waals surface area contributed by atoms with E-state index in [0.29, 0.717) is 0 Å². The summed E-state index contributed by atoms with van der Waals surface area (Å²) in [7, 11) is -10.4. The molecule has 1 unspecified atom stereocenters. The third-order valence-electron chi connectivity index (χ3n) is 2.29. The van der Waals surface area contributed by atoms with Crippen molar-refractivity contribution in [2.45, 2.75) is 6.17 Å². The van der Waals surface area contributed by atoms with Gasteiger partial charge in [0.1, 0.15) is 0 Å². The summed E-state index contributed by atoms with van der Waals surface area (Å²) in [4.78, 5) is 0. The van der Waals surface area contributed by atoms with Crippen LogP contribution in [0.4, 0.5) is 26.3 Å². The molecule has 0 aliphatic heterocycles. The lowest BCUT2D eigenvalue weighted by atomic mass is 10.0. The molecule has 0 aromatic rings. The Morgan fingerprint density at radius 3 is 1.86 bits per heavy atom. The summed E-state index contributed by atoms with van der Waals surface area (Å²) >= 11 is 0. The van der Waals surface area contributed by atoms with E-state index in [1.54, 1.807) is 0 Å². The third kappa shape index (κ3) is 3.00. The van der Waals surface area contributed by atoms with E-state index in [1.165, 1.54) is 0 Å². The largest absolute Gasteiger partial charge is 0.234 e. The number of hydrogen-bond acceptors (Lipinski definition) is 4. The van der Waals surface area contributed by atoms with E-state index >= 15 is 0 Å². The molecule has 0 saturated heterocycles. The summed E-state index contributed by atoms with van der Waals surface area (Å²) in [5.74, 6) is -10.3. The van der Waals surface area contributed by atoms with Crippen molar-refractivity contribution in [3.8, 4) is 0 Å². The van der Waals surface area contributed by atoms with Gasteiger partial charge in [0.15, 0.2) is 49.6 Å². The van der Waals surface area contributed by atoms with Gasteiger partial charge in [0.05, 0.1) is 5.57 Å².